The van der Waals surface area contributed by atoms with E-state index in [1.54, 1.807) is 30.3 Å². The molecule has 0 aliphatic carbocycles. The maximum absolute atomic E-state index is 12.2. The van der Waals surface area contributed by atoms with Crippen LogP contribution in [0.15, 0.2) is 48.5 Å². The van der Waals surface area contributed by atoms with Gasteiger partial charge in [0.25, 0.3) is 5.91 Å². The number of ether oxygens (including phenoxy) is 1. The van der Waals surface area contributed by atoms with Crippen molar-refractivity contribution in [1.82, 2.24) is 9.59 Å². The van der Waals surface area contributed by atoms with Crippen LogP contribution in [0.5, 0.6) is 5.75 Å². The molecule has 2 aromatic carbocycles. The molecule has 132 valence electrons. The van der Waals surface area contributed by atoms with Crippen molar-refractivity contribution in [3.63, 3.8) is 0 Å². The molecule has 1 amide bonds. The summed E-state index contributed by atoms with van der Waals surface area (Å²) in [5.74, 6) is -0.283. The van der Waals surface area contributed by atoms with Crippen LogP contribution in [0.3, 0.4) is 0 Å². The summed E-state index contributed by atoms with van der Waals surface area (Å²) in [7, 11) is 0. The molecule has 0 atom stereocenters. The summed E-state index contributed by atoms with van der Waals surface area (Å²) >= 11 is 1.02. The Labute approximate surface area is 155 Å². The fraction of sp³-hybridized carbons (Fsp3) is 0.158. The second-order valence-corrected chi connectivity index (χ2v) is 6.39. The van der Waals surface area contributed by atoms with Gasteiger partial charge in [0.1, 0.15) is 5.75 Å². The lowest BCUT2D eigenvalue weighted by Gasteiger charge is -2.07. The van der Waals surface area contributed by atoms with Crippen LogP contribution < -0.4 is 10.1 Å². The lowest BCUT2D eigenvalue weighted by atomic mass is 10.1. The molecule has 1 N–H and O–H groups in total. The summed E-state index contributed by atoms with van der Waals surface area (Å²) in [6, 6.07) is 14.0. The summed E-state index contributed by atoms with van der Waals surface area (Å²) in [5, 5.41) is 6.71. The number of benzene rings is 2. The highest BCUT2D eigenvalue weighted by Crippen LogP contribution is 2.20. The minimum atomic E-state index is -0.478. The standard InChI is InChI=1S/C19H17N3O3S/c1-3-16-17(26-22-21-16)19(24)25-15-9-7-14(8-10-15)20-18(23)13-6-4-5-12(2)11-13/h4-11H,3H2,1-2H3,(H,20,23). The number of aryl methyl sites for hydroxylation is 2. The molecule has 1 heterocycles. The van der Waals surface area contributed by atoms with Crippen molar-refractivity contribution < 1.29 is 14.3 Å². The van der Waals surface area contributed by atoms with Gasteiger partial charge in [-0.25, -0.2) is 4.79 Å². The van der Waals surface area contributed by atoms with E-state index in [2.05, 4.69) is 14.9 Å². The Balaban J connectivity index is 1.65. The molecule has 0 radical (unpaired) electrons. The second kappa shape index (κ2) is 7.88. The van der Waals surface area contributed by atoms with Gasteiger partial charge in [-0.3, -0.25) is 4.79 Å². The van der Waals surface area contributed by atoms with Gasteiger partial charge < -0.3 is 10.1 Å². The van der Waals surface area contributed by atoms with Gasteiger partial charge in [-0.2, -0.15) is 0 Å². The van der Waals surface area contributed by atoms with Crippen LogP contribution in [0.25, 0.3) is 0 Å². The second-order valence-electron chi connectivity index (χ2n) is 5.64. The number of carbonyl (C=O) groups excluding carboxylic acids is 2. The van der Waals surface area contributed by atoms with Crippen molar-refractivity contribution in [2.24, 2.45) is 0 Å². The van der Waals surface area contributed by atoms with E-state index >= 15 is 0 Å². The molecule has 0 unspecified atom stereocenters. The topological polar surface area (TPSA) is 81.2 Å². The zero-order chi connectivity index (χ0) is 18.5. The van der Waals surface area contributed by atoms with Gasteiger partial charge in [0.2, 0.25) is 0 Å². The summed E-state index contributed by atoms with van der Waals surface area (Å²) in [4.78, 5) is 24.8. The Hall–Kier alpha value is -3.06. The molecule has 0 saturated heterocycles. The van der Waals surface area contributed by atoms with Crippen LogP contribution in [-0.2, 0) is 6.42 Å². The molecule has 1 aromatic heterocycles. The minimum absolute atomic E-state index is 0.193. The van der Waals surface area contributed by atoms with Gasteiger partial charge in [0.05, 0.1) is 5.69 Å². The van der Waals surface area contributed by atoms with Crippen molar-refractivity contribution in [3.8, 4) is 5.75 Å². The number of nitrogens with zero attached hydrogens (tertiary/aromatic N) is 2. The Morgan fingerprint density at radius 2 is 1.92 bits per heavy atom. The number of hydrogen-bond acceptors (Lipinski definition) is 6. The Bertz CT molecular complexity index is 935. The lowest BCUT2D eigenvalue weighted by molar-refractivity contribution is 0.0738. The zero-order valence-electron chi connectivity index (χ0n) is 14.4. The van der Waals surface area contributed by atoms with E-state index in [0.29, 0.717) is 34.0 Å². The van der Waals surface area contributed by atoms with Gasteiger partial charge in [-0.05, 0) is 61.3 Å². The molecule has 0 spiro atoms. The maximum atomic E-state index is 12.2. The molecule has 7 heteroatoms. The Kier molecular flexibility index (Phi) is 5.38. The molecule has 0 saturated carbocycles. The average Bonchev–Trinajstić information content (AvgIpc) is 3.12. The normalized spacial score (nSPS) is 10.4. The number of hydrogen-bond donors (Lipinski definition) is 1. The smallest absolute Gasteiger partial charge is 0.357 e. The quantitative estimate of drug-likeness (QED) is 0.547. The van der Waals surface area contributed by atoms with Gasteiger partial charge in [0.15, 0.2) is 4.88 Å². The number of carbonyl (C=O) groups is 2. The highest BCUT2D eigenvalue weighted by Gasteiger charge is 2.17. The third-order valence-corrected chi connectivity index (χ3v) is 4.43. The van der Waals surface area contributed by atoms with E-state index < -0.39 is 5.97 Å². The SMILES string of the molecule is CCc1nnsc1C(=O)Oc1ccc(NC(=O)c2cccc(C)c2)cc1. The number of aromatic nitrogens is 2. The van der Waals surface area contributed by atoms with Crippen LogP contribution in [0.4, 0.5) is 5.69 Å². The number of nitrogens with one attached hydrogen (secondary N) is 1. The van der Waals surface area contributed by atoms with Crippen molar-refractivity contribution in [3.05, 3.63) is 70.2 Å². The zero-order valence-corrected chi connectivity index (χ0v) is 15.2. The summed E-state index contributed by atoms with van der Waals surface area (Å²) < 4.78 is 9.12. The number of amides is 1. The third kappa shape index (κ3) is 4.12. The molecule has 0 fully saturated rings. The molecular formula is C19H17N3O3S. The Morgan fingerprint density at radius 3 is 2.62 bits per heavy atom. The molecule has 3 rings (SSSR count). The van der Waals surface area contributed by atoms with Gasteiger partial charge >= 0.3 is 5.97 Å². The monoisotopic (exact) mass is 367 g/mol. The van der Waals surface area contributed by atoms with Crippen molar-refractivity contribution in [2.75, 3.05) is 5.32 Å². The fourth-order valence-corrected chi connectivity index (χ4v) is 2.97. The highest BCUT2D eigenvalue weighted by atomic mass is 32.1. The summed E-state index contributed by atoms with van der Waals surface area (Å²) in [6.07, 6.45) is 0.616. The number of anilines is 1. The predicted molar refractivity (Wildman–Crippen MR) is 99.8 cm³/mol. The molecule has 0 bridgehead atoms. The molecule has 26 heavy (non-hydrogen) atoms. The third-order valence-electron chi connectivity index (χ3n) is 3.68. The first-order chi connectivity index (χ1) is 12.6. The molecule has 3 aromatic rings. The highest BCUT2D eigenvalue weighted by molar-refractivity contribution is 7.07. The van der Waals surface area contributed by atoms with Crippen molar-refractivity contribution >= 4 is 29.1 Å². The van der Waals surface area contributed by atoms with Crippen LogP contribution in [0.2, 0.25) is 0 Å². The first kappa shape index (κ1) is 17.8. The first-order valence-electron chi connectivity index (χ1n) is 8.08. The number of esters is 1. The van der Waals surface area contributed by atoms with E-state index in [1.807, 2.05) is 32.0 Å². The van der Waals surface area contributed by atoms with Crippen LogP contribution in [0, 0.1) is 6.92 Å². The van der Waals surface area contributed by atoms with E-state index in [-0.39, 0.29) is 5.91 Å². The van der Waals surface area contributed by atoms with E-state index in [9.17, 15) is 9.59 Å². The lowest BCUT2D eigenvalue weighted by Crippen LogP contribution is -2.12. The summed E-state index contributed by atoms with van der Waals surface area (Å²) in [5.41, 5.74) is 2.85. The average molecular weight is 367 g/mol. The molecular weight excluding hydrogens is 350 g/mol. The maximum Gasteiger partial charge on any atom is 0.357 e. The summed E-state index contributed by atoms with van der Waals surface area (Å²) in [6.45, 7) is 3.84. The number of rotatable bonds is 5. The first-order valence-corrected chi connectivity index (χ1v) is 8.85. The van der Waals surface area contributed by atoms with E-state index in [0.717, 1.165) is 17.1 Å². The Morgan fingerprint density at radius 1 is 1.15 bits per heavy atom. The van der Waals surface area contributed by atoms with E-state index in [1.165, 1.54) is 0 Å². The molecule has 0 aliphatic rings. The van der Waals surface area contributed by atoms with Gasteiger partial charge in [-0.15, -0.1) is 5.10 Å². The minimum Gasteiger partial charge on any atom is -0.422 e. The molecule has 6 nitrogen and oxygen atoms in total. The van der Waals surface area contributed by atoms with Crippen molar-refractivity contribution in [1.29, 1.82) is 0 Å². The van der Waals surface area contributed by atoms with Gasteiger partial charge in [0, 0.05) is 11.3 Å². The molecule has 0 aliphatic heterocycles. The van der Waals surface area contributed by atoms with E-state index in [4.69, 9.17) is 4.74 Å². The van der Waals surface area contributed by atoms with Crippen LogP contribution in [-0.4, -0.2) is 21.5 Å². The van der Waals surface area contributed by atoms with Crippen LogP contribution in [0.1, 0.15) is 38.2 Å². The van der Waals surface area contributed by atoms with Crippen LogP contribution >= 0.6 is 11.5 Å². The fourth-order valence-electron chi connectivity index (χ4n) is 2.34. The predicted octanol–water partition coefficient (Wildman–Crippen LogP) is 3.88. The van der Waals surface area contributed by atoms with Gasteiger partial charge in [-0.1, -0.05) is 29.1 Å². The largest absolute Gasteiger partial charge is 0.422 e. The van der Waals surface area contributed by atoms with Crippen molar-refractivity contribution in [2.45, 2.75) is 20.3 Å².